The number of nitrogens with zero attached hydrogens (tertiary/aromatic N) is 2. The summed E-state index contributed by atoms with van der Waals surface area (Å²) >= 11 is 18.4. The molecular formula is C29H29Cl3F3N3O4S. The van der Waals surface area contributed by atoms with E-state index in [1.54, 1.807) is 32.9 Å². The minimum Gasteiger partial charge on any atom is -0.350 e. The molecule has 1 N–H and O–H groups in total. The van der Waals surface area contributed by atoms with Gasteiger partial charge in [0.05, 0.1) is 31.2 Å². The number of carbonyl (C=O) groups is 2. The molecule has 43 heavy (non-hydrogen) atoms. The molecule has 0 aromatic heterocycles. The number of carbonyl (C=O) groups excluding carboxylic acids is 2. The monoisotopic (exact) mass is 677 g/mol. The van der Waals surface area contributed by atoms with Gasteiger partial charge in [-0.2, -0.15) is 13.2 Å². The summed E-state index contributed by atoms with van der Waals surface area (Å²) in [5, 5.41) is 2.87. The molecule has 7 nitrogen and oxygen atoms in total. The number of hydrogen-bond acceptors (Lipinski definition) is 4. The lowest BCUT2D eigenvalue weighted by atomic mass is 10.1. The van der Waals surface area contributed by atoms with Gasteiger partial charge in [0.15, 0.2) is 0 Å². The highest BCUT2D eigenvalue weighted by Gasteiger charge is 2.36. The van der Waals surface area contributed by atoms with Crippen molar-refractivity contribution in [2.75, 3.05) is 10.8 Å². The van der Waals surface area contributed by atoms with Crippen LogP contribution in [0.15, 0.2) is 71.6 Å². The highest BCUT2D eigenvalue weighted by molar-refractivity contribution is 7.92. The Morgan fingerprint density at radius 3 is 2.05 bits per heavy atom. The number of anilines is 1. The number of alkyl halides is 3. The van der Waals surface area contributed by atoms with Crippen LogP contribution in [0.4, 0.5) is 18.9 Å². The Morgan fingerprint density at radius 2 is 1.49 bits per heavy atom. The predicted molar refractivity (Wildman–Crippen MR) is 162 cm³/mol. The van der Waals surface area contributed by atoms with E-state index in [-0.39, 0.29) is 26.5 Å². The first-order chi connectivity index (χ1) is 19.8. The molecule has 0 aliphatic heterocycles. The van der Waals surface area contributed by atoms with E-state index in [9.17, 15) is 31.2 Å². The van der Waals surface area contributed by atoms with Crippen molar-refractivity contribution in [3.8, 4) is 0 Å². The smallest absolute Gasteiger partial charge is 0.350 e. The van der Waals surface area contributed by atoms with Crippen LogP contribution >= 0.6 is 34.8 Å². The number of halogens is 6. The molecule has 0 radical (unpaired) electrons. The van der Waals surface area contributed by atoms with Crippen molar-refractivity contribution in [2.45, 2.75) is 56.9 Å². The Kier molecular flexibility index (Phi) is 10.7. The fourth-order valence-corrected chi connectivity index (χ4v) is 6.04. The van der Waals surface area contributed by atoms with Crippen LogP contribution in [-0.2, 0) is 32.3 Å². The summed E-state index contributed by atoms with van der Waals surface area (Å²) in [7, 11) is -4.63. The van der Waals surface area contributed by atoms with Crippen LogP contribution < -0.4 is 9.62 Å². The van der Waals surface area contributed by atoms with Crippen molar-refractivity contribution in [3.63, 3.8) is 0 Å². The molecule has 0 saturated heterocycles. The first-order valence-corrected chi connectivity index (χ1v) is 15.4. The van der Waals surface area contributed by atoms with Gasteiger partial charge < -0.3 is 10.2 Å². The van der Waals surface area contributed by atoms with E-state index in [1.165, 1.54) is 43.3 Å². The van der Waals surface area contributed by atoms with E-state index in [2.05, 4.69) is 5.32 Å². The van der Waals surface area contributed by atoms with Gasteiger partial charge in [0, 0.05) is 12.1 Å². The summed E-state index contributed by atoms with van der Waals surface area (Å²) in [4.78, 5) is 28.0. The molecule has 0 spiro atoms. The summed E-state index contributed by atoms with van der Waals surface area (Å²) < 4.78 is 69.2. The molecule has 0 aliphatic rings. The van der Waals surface area contributed by atoms with Crippen molar-refractivity contribution >= 4 is 62.3 Å². The summed E-state index contributed by atoms with van der Waals surface area (Å²) in [6, 6.07) is 12.5. The van der Waals surface area contributed by atoms with Crippen molar-refractivity contribution in [1.29, 1.82) is 0 Å². The number of benzene rings is 3. The Labute approximate surface area is 263 Å². The zero-order valence-corrected chi connectivity index (χ0v) is 26.6. The third-order valence-electron chi connectivity index (χ3n) is 6.15. The molecule has 0 bridgehead atoms. The van der Waals surface area contributed by atoms with Crippen LogP contribution in [0.5, 0.6) is 0 Å². The minimum absolute atomic E-state index is 0.183. The first-order valence-electron chi connectivity index (χ1n) is 12.8. The topological polar surface area (TPSA) is 86.8 Å². The molecule has 0 heterocycles. The average Bonchev–Trinajstić information content (AvgIpc) is 2.91. The first kappa shape index (κ1) is 34.5. The molecule has 232 valence electrons. The summed E-state index contributed by atoms with van der Waals surface area (Å²) in [6.07, 6.45) is -4.83. The fourth-order valence-electron chi connectivity index (χ4n) is 4.00. The molecule has 3 rings (SSSR count). The second-order valence-electron chi connectivity index (χ2n) is 10.7. The van der Waals surface area contributed by atoms with Gasteiger partial charge in [0.25, 0.3) is 10.0 Å². The molecule has 3 aromatic carbocycles. The van der Waals surface area contributed by atoms with Gasteiger partial charge in [-0.1, -0.05) is 59.1 Å². The maximum absolute atomic E-state index is 14.0. The van der Waals surface area contributed by atoms with Crippen molar-refractivity contribution in [2.24, 2.45) is 0 Å². The van der Waals surface area contributed by atoms with Gasteiger partial charge in [0.1, 0.15) is 12.6 Å². The second-order valence-corrected chi connectivity index (χ2v) is 13.8. The van der Waals surface area contributed by atoms with E-state index >= 15 is 0 Å². The number of rotatable bonds is 9. The number of sulfonamides is 1. The lowest BCUT2D eigenvalue weighted by Gasteiger charge is -2.33. The highest BCUT2D eigenvalue weighted by Crippen LogP contribution is 2.37. The molecular weight excluding hydrogens is 650 g/mol. The largest absolute Gasteiger partial charge is 0.416 e. The third-order valence-corrected chi connectivity index (χ3v) is 8.99. The van der Waals surface area contributed by atoms with E-state index in [1.807, 2.05) is 0 Å². The van der Waals surface area contributed by atoms with Gasteiger partial charge >= 0.3 is 6.18 Å². The Bertz CT molecular complexity index is 1600. The SMILES string of the molecule is C[C@@H](C(=O)NC(C)(C)C)N(Cc1ccc(Cl)c(Cl)c1)C(=O)CN(c1cc(C(F)(F)F)ccc1Cl)S(=O)(=O)c1ccccc1. The lowest BCUT2D eigenvalue weighted by molar-refractivity contribution is -0.140. The molecule has 0 unspecified atom stereocenters. The minimum atomic E-state index is -4.83. The zero-order chi connectivity index (χ0) is 32.3. The van der Waals surface area contributed by atoms with Crippen LogP contribution in [0.25, 0.3) is 0 Å². The molecule has 14 heteroatoms. The maximum atomic E-state index is 14.0. The number of amides is 2. The van der Waals surface area contributed by atoms with Crippen molar-refractivity contribution in [1.82, 2.24) is 10.2 Å². The predicted octanol–water partition coefficient (Wildman–Crippen LogP) is 7.19. The fraction of sp³-hybridized carbons (Fsp3) is 0.310. The Balaban J connectivity index is 2.14. The van der Waals surface area contributed by atoms with E-state index < -0.39 is 57.4 Å². The lowest BCUT2D eigenvalue weighted by Crippen LogP contribution is -2.54. The van der Waals surface area contributed by atoms with Crippen molar-refractivity contribution in [3.05, 3.63) is 92.9 Å². The van der Waals surface area contributed by atoms with Gasteiger partial charge in [0.2, 0.25) is 11.8 Å². The van der Waals surface area contributed by atoms with Crippen molar-refractivity contribution < 1.29 is 31.2 Å². The average molecular weight is 679 g/mol. The molecule has 1 atom stereocenters. The quantitative estimate of drug-likeness (QED) is 0.260. The Hall–Kier alpha value is -2.99. The molecule has 0 saturated carbocycles. The highest BCUT2D eigenvalue weighted by atomic mass is 35.5. The molecule has 0 aliphatic carbocycles. The van der Waals surface area contributed by atoms with Crippen LogP contribution in [0.1, 0.15) is 38.8 Å². The number of nitrogens with one attached hydrogen (secondary N) is 1. The van der Waals surface area contributed by atoms with E-state index in [4.69, 9.17) is 34.8 Å². The van der Waals surface area contributed by atoms with Gasteiger partial charge in [-0.25, -0.2) is 8.42 Å². The molecule has 3 aromatic rings. The second kappa shape index (κ2) is 13.3. The van der Waals surface area contributed by atoms with Crippen LogP contribution in [0, 0.1) is 0 Å². The van der Waals surface area contributed by atoms with Crippen LogP contribution in [-0.4, -0.2) is 43.3 Å². The van der Waals surface area contributed by atoms with E-state index in [0.717, 1.165) is 11.0 Å². The molecule has 0 fully saturated rings. The van der Waals surface area contributed by atoms with Gasteiger partial charge in [-0.05, 0) is 75.7 Å². The van der Waals surface area contributed by atoms with Crippen LogP contribution in [0.3, 0.4) is 0 Å². The van der Waals surface area contributed by atoms with Crippen LogP contribution in [0.2, 0.25) is 15.1 Å². The van der Waals surface area contributed by atoms with Gasteiger partial charge in [-0.3, -0.25) is 13.9 Å². The number of hydrogen-bond donors (Lipinski definition) is 1. The van der Waals surface area contributed by atoms with Gasteiger partial charge in [-0.15, -0.1) is 0 Å². The standard InChI is InChI=1S/C29H29Cl3F3N3O4S/c1-18(27(40)36-28(2,3)4)37(16-19-10-12-22(30)24(32)14-19)26(39)17-38(43(41,42)21-8-6-5-7-9-21)25-15-20(29(33,34)35)11-13-23(25)31/h5-15,18H,16-17H2,1-4H3,(H,36,40)/t18-/m0/s1. The molecule has 2 amide bonds. The normalized spacial score (nSPS) is 12.9. The third kappa shape index (κ3) is 8.78. The summed E-state index contributed by atoms with van der Waals surface area (Å²) in [5.41, 5.74) is -1.93. The van der Waals surface area contributed by atoms with E-state index in [0.29, 0.717) is 22.0 Å². The zero-order valence-electron chi connectivity index (χ0n) is 23.5. The Morgan fingerprint density at radius 1 is 0.884 bits per heavy atom. The summed E-state index contributed by atoms with van der Waals surface area (Å²) in [5.74, 6) is -1.44. The summed E-state index contributed by atoms with van der Waals surface area (Å²) in [6.45, 7) is 5.49. The maximum Gasteiger partial charge on any atom is 0.416 e.